The van der Waals surface area contributed by atoms with Crippen LogP contribution in [0.3, 0.4) is 0 Å². The number of aromatic nitrogens is 1. The number of nitrogens with zero attached hydrogens (tertiary/aromatic N) is 2. The van der Waals surface area contributed by atoms with Crippen molar-refractivity contribution in [2.45, 2.75) is 32.2 Å². The molecule has 3 heteroatoms. The molecule has 0 amide bonds. The fourth-order valence-electron chi connectivity index (χ4n) is 11.1. The van der Waals surface area contributed by atoms with Crippen molar-refractivity contribution < 1.29 is 4.42 Å². The zero-order valence-corrected chi connectivity index (χ0v) is 37.3. The second-order valence-corrected chi connectivity index (χ2v) is 18.2. The lowest BCUT2D eigenvalue weighted by atomic mass is 9.85. The van der Waals surface area contributed by atoms with Gasteiger partial charge in [0, 0.05) is 50.2 Å². The van der Waals surface area contributed by atoms with Crippen LogP contribution in [0, 0.1) is 5.92 Å². The van der Waals surface area contributed by atoms with Gasteiger partial charge in [0.05, 0.1) is 22.8 Å². The van der Waals surface area contributed by atoms with Gasteiger partial charge in [-0.2, -0.15) is 0 Å². The Hall–Kier alpha value is -8.23. The number of aliphatic imine (C=N–C) groups is 1. The Kier molecular flexibility index (Phi) is 9.37. The first-order chi connectivity index (χ1) is 33.2. The summed E-state index contributed by atoms with van der Waals surface area (Å²) in [6, 6.07) is 75.2. The summed E-state index contributed by atoms with van der Waals surface area (Å²) < 4.78 is 9.18. The quantitative estimate of drug-likeness (QED) is 0.125. The van der Waals surface area contributed by atoms with Crippen molar-refractivity contribution in [2.75, 3.05) is 0 Å². The topological polar surface area (TPSA) is 30.4 Å². The first-order valence-corrected chi connectivity index (χ1v) is 23.6. The minimum Gasteiger partial charge on any atom is -0.455 e. The number of para-hydroxylation sites is 3. The molecule has 2 aromatic heterocycles. The third-order valence-corrected chi connectivity index (χ3v) is 14.3. The molecule has 1 aliphatic heterocycles. The Morgan fingerprint density at radius 2 is 1.13 bits per heavy atom. The SMILES string of the molecule is CC1CCC(c2ccccc2)N=C(c2ccccc2)CC=C=C1c1cc(-n2c3ccccc3c3ccc(-c4cccc5c4oc4ccccc45)cc32)c2c3ccccc3c3ccccc3c2c1. The van der Waals surface area contributed by atoms with E-state index in [1.807, 2.05) is 6.07 Å². The van der Waals surface area contributed by atoms with Gasteiger partial charge in [-0.3, -0.25) is 4.99 Å². The van der Waals surface area contributed by atoms with Crippen LogP contribution in [0.4, 0.5) is 0 Å². The van der Waals surface area contributed by atoms with Gasteiger partial charge in [-0.1, -0.05) is 183 Å². The summed E-state index contributed by atoms with van der Waals surface area (Å²) >= 11 is 0. The van der Waals surface area contributed by atoms with Crippen molar-refractivity contribution in [3.63, 3.8) is 0 Å². The number of rotatable bonds is 5. The first kappa shape index (κ1) is 39.2. The highest BCUT2D eigenvalue weighted by molar-refractivity contribution is 6.28. The maximum atomic E-state index is 6.64. The lowest BCUT2D eigenvalue weighted by Gasteiger charge is -2.23. The van der Waals surface area contributed by atoms with Crippen molar-refractivity contribution in [1.82, 2.24) is 4.57 Å². The first-order valence-electron chi connectivity index (χ1n) is 23.6. The van der Waals surface area contributed by atoms with E-state index in [-0.39, 0.29) is 12.0 Å². The molecule has 10 aromatic carbocycles. The van der Waals surface area contributed by atoms with Gasteiger partial charge in [-0.25, -0.2) is 0 Å². The fourth-order valence-corrected chi connectivity index (χ4v) is 11.1. The molecule has 0 saturated heterocycles. The Balaban J connectivity index is 1.09. The largest absolute Gasteiger partial charge is 0.455 e. The molecule has 0 bridgehead atoms. The summed E-state index contributed by atoms with van der Waals surface area (Å²) in [4.78, 5) is 5.50. The molecule has 67 heavy (non-hydrogen) atoms. The van der Waals surface area contributed by atoms with Crippen molar-refractivity contribution in [2.24, 2.45) is 10.9 Å². The summed E-state index contributed by atoms with van der Waals surface area (Å²) in [5.74, 6) is 0.210. The second-order valence-electron chi connectivity index (χ2n) is 18.2. The maximum Gasteiger partial charge on any atom is 0.143 e. The number of hydrogen-bond donors (Lipinski definition) is 0. The standard InChI is InChI=1S/C64H46N2O/c1-41-34-37-58(43-20-6-3-7-21-43)65-57(42-18-4-2-5-19-42)31-17-28-46(41)45-38-56-50-24-9-8-22-48(50)49-23-10-11-27-54(49)63(56)61(40-45)66-59-32-14-12-25-51(59)52-36-35-44(39-60(52)66)47-29-16-30-55-53-26-13-15-33-62(53)67-64(47)55/h2-27,29-30,32-33,35-36,38-41,58H,31,34,37H2,1H3. The van der Waals surface area contributed by atoms with Crippen molar-refractivity contribution in [3.8, 4) is 16.8 Å². The van der Waals surface area contributed by atoms with Gasteiger partial charge >= 0.3 is 0 Å². The lowest BCUT2D eigenvalue weighted by Crippen LogP contribution is -2.09. The molecule has 2 unspecified atom stereocenters. The maximum absolute atomic E-state index is 6.64. The van der Waals surface area contributed by atoms with E-state index in [1.165, 1.54) is 65.3 Å². The predicted octanol–water partition coefficient (Wildman–Crippen LogP) is 17.4. The van der Waals surface area contributed by atoms with E-state index in [0.29, 0.717) is 6.42 Å². The highest BCUT2D eigenvalue weighted by Crippen LogP contribution is 2.45. The van der Waals surface area contributed by atoms with Crippen LogP contribution >= 0.6 is 0 Å². The van der Waals surface area contributed by atoms with E-state index < -0.39 is 0 Å². The van der Waals surface area contributed by atoms with Gasteiger partial charge < -0.3 is 8.98 Å². The molecule has 0 aliphatic carbocycles. The van der Waals surface area contributed by atoms with Crippen molar-refractivity contribution in [3.05, 3.63) is 235 Å². The molecule has 3 heterocycles. The highest BCUT2D eigenvalue weighted by Gasteiger charge is 2.24. The second kappa shape index (κ2) is 16.0. The van der Waals surface area contributed by atoms with E-state index in [4.69, 9.17) is 9.41 Å². The van der Waals surface area contributed by atoms with Crippen molar-refractivity contribution >= 4 is 87.3 Å². The molecule has 0 N–H and O–H groups in total. The minimum atomic E-state index is 0.0475. The molecule has 0 spiro atoms. The molecule has 2 atom stereocenters. The van der Waals surface area contributed by atoms with Gasteiger partial charge in [-0.15, -0.1) is 5.73 Å². The molecule has 318 valence electrons. The molecule has 0 radical (unpaired) electrons. The molecule has 0 saturated carbocycles. The van der Waals surface area contributed by atoms with Crippen LogP contribution in [0.15, 0.2) is 227 Å². The van der Waals surface area contributed by atoms with Crippen LogP contribution in [-0.2, 0) is 0 Å². The Labute approximate surface area is 389 Å². The number of benzene rings is 10. The summed E-state index contributed by atoms with van der Waals surface area (Å²) in [5.41, 5.74) is 17.4. The van der Waals surface area contributed by atoms with E-state index in [9.17, 15) is 0 Å². The third-order valence-electron chi connectivity index (χ3n) is 14.3. The zero-order valence-electron chi connectivity index (χ0n) is 37.3. The average Bonchev–Trinajstić information content (AvgIpc) is 3.94. The van der Waals surface area contributed by atoms with E-state index >= 15 is 0 Å². The summed E-state index contributed by atoms with van der Waals surface area (Å²) in [5, 5.41) is 12.2. The number of furan rings is 1. The molecule has 13 rings (SSSR count). The van der Waals surface area contributed by atoms with Gasteiger partial charge in [0.2, 0.25) is 0 Å². The van der Waals surface area contributed by atoms with Crippen LogP contribution in [0.5, 0.6) is 0 Å². The molecular formula is C64H46N2O. The average molecular weight is 859 g/mol. The fraction of sp³-hybridized carbons (Fsp3) is 0.0938. The van der Waals surface area contributed by atoms with Gasteiger partial charge in [0.25, 0.3) is 0 Å². The summed E-state index contributed by atoms with van der Waals surface area (Å²) in [6.07, 6.45) is 4.80. The molecule has 12 aromatic rings. The predicted molar refractivity (Wildman–Crippen MR) is 283 cm³/mol. The van der Waals surface area contributed by atoms with Crippen molar-refractivity contribution in [1.29, 1.82) is 0 Å². The molecule has 0 fully saturated rings. The molecule has 1 aliphatic rings. The minimum absolute atomic E-state index is 0.0475. The van der Waals surface area contributed by atoms with Crippen LogP contribution in [-0.4, -0.2) is 10.3 Å². The zero-order chi connectivity index (χ0) is 44.4. The van der Waals surface area contributed by atoms with E-state index in [1.54, 1.807) is 0 Å². The third kappa shape index (κ3) is 6.54. The highest BCUT2D eigenvalue weighted by atomic mass is 16.3. The number of fused-ring (bicyclic) bond motifs is 12. The van der Waals surface area contributed by atoms with Gasteiger partial charge in [0.15, 0.2) is 0 Å². The Morgan fingerprint density at radius 3 is 1.94 bits per heavy atom. The van der Waals surface area contributed by atoms with E-state index in [2.05, 4.69) is 223 Å². The number of hydrogen-bond acceptors (Lipinski definition) is 2. The Morgan fingerprint density at radius 1 is 0.493 bits per heavy atom. The normalized spacial score (nSPS) is 15.8. The smallest absolute Gasteiger partial charge is 0.143 e. The van der Waals surface area contributed by atoms with Crippen LogP contribution in [0.25, 0.3) is 98.4 Å². The summed E-state index contributed by atoms with van der Waals surface area (Å²) in [7, 11) is 0. The molecule has 3 nitrogen and oxygen atoms in total. The number of allylic oxidation sites excluding steroid dienone is 1. The van der Waals surface area contributed by atoms with Gasteiger partial charge in [-0.05, 0) is 104 Å². The van der Waals surface area contributed by atoms with E-state index in [0.717, 1.165) is 68.4 Å². The molecular weight excluding hydrogens is 813 g/mol. The summed E-state index contributed by atoms with van der Waals surface area (Å²) in [6.45, 7) is 2.38. The lowest BCUT2D eigenvalue weighted by molar-refractivity contribution is 0.550. The Bertz CT molecular complexity index is 4010. The van der Waals surface area contributed by atoms with Gasteiger partial charge in [0.1, 0.15) is 11.2 Å². The van der Waals surface area contributed by atoms with Crippen LogP contribution < -0.4 is 0 Å². The van der Waals surface area contributed by atoms with Crippen LogP contribution in [0.2, 0.25) is 0 Å². The monoisotopic (exact) mass is 858 g/mol. The van der Waals surface area contributed by atoms with Crippen LogP contribution in [0.1, 0.15) is 48.9 Å².